The van der Waals surface area contributed by atoms with Gasteiger partial charge in [0.05, 0.1) is 11.6 Å². The van der Waals surface area contributed by atoms with Crippen molar-refractivity contribution in [1.29, 1.82) is 0 Å². The molecule has 1 aromatic rings. The number of ether oxygens (including phenoxy) is 1. The molecule has 7 nitrogen and oxygen atoms in total. The molecule has 120 valence electrons. The predicted octanol–water partition coefficient (Wildman–Crippen LogP) is 0.835. The SMILES string of the molecule is Cc1cc(C(=O)N2CCC3(CC2)OCC(=O)N(C)[C@@H]3C)no1. The highest BCUT2D eigenvalue weighted by molar-refractivity contribution is 5.92. The zero-order valence-corrected chi connectivity index (χ0v) is 13.2. The minimum atomic E-state index is -0.348. The van der Waals surface area contributed by atoms with Gasteiger partial charge >= 0.3 is 0 Å². The molecule has 0 radical (unpaired) electrons. The maximum absolute atomic E-state index is 12.4. The Bertz CT molecular complexity index is 589. The molecule has 0 aliphatic carbocycles. The molecule has 2 fully saturated rings. The van der Waals surface area contributed by atoms with Crippen LogP contribution in [0.1, 0.15) is 36.0 Å². The standard InChI is InChI=1S/C15H21N3O4/c1-10-8-12(16-22-10)14(20)18-6-4-15(5-7-18)11(2)17(3)13(19)9-21-15/h8,11H,4-7,9H2,1-3H3/t11-/m1/s1. The summed E-state index contributed by atoms with van der Waals surface area (Å²) in [6.07, 6.45) is 1.43. The third-order valence-electron chi connectivity index (χ3n) is 4.96. The summed E-state index contributed by atoms with van der Waals surface area (Å²) in [6.45, 7) is 5.08. The van der Waals surface area contributed by atoms with Gasteiger partial charge in [0.2, 0.25) is 5.91 Å². The maximum atomic E-state index is 12.4. The van der Waals surface area contributed by atoms with Crippen molar-refractivity contribution in [2.45, 2.75) is 38.3 Å². The number of aryl methyl sites for hydroxylation is 1. The maximum Gasteiger partial charge on any atom is 0.276 e. The smallest absolute Gasteiger partial charge is 0.276 e. The lowest BCUT2D eigenvalue weighted by atomic mass is 9.83. The first-order valence-electron chi connectivity index (χ1n) is 7.55. The average Bonchev–Trinajstić information content (AvgIpc) is 2.96. The fraction of sp³-hybridized carbons (Fsp3) is 0.667. The van der Waals surface area contributed by atoms with Gasteiger partial charge in [-0.3, -0.25) is 9.59 Å². The second-order valence-corrected chi connectivity index (χ2v) is 6.15. The van der Waals surface area contributed by atoms with Crippen molar-refractivity contribution in [3.8, 4) is 0 Å². The van der Waals surface area contributed by atoms with Crippen LogP contribution in [0, 0.1) is 6.92 Å². The van der Waals surface area contributed by atoms with Gasteiger partial charge in [-0.15, -0.1) is 0 Å². The molecule has 2 amide bonds. The molecule has 3 heterocycles. The van der Waals surface area contributed by atoms with E-state index in [2.05, 4.69) is 5.16 Å². The molecule has 2 saturated heterocycles. The van der Waals surface area contributed by atoms with Crippen molar-refractivity contribution in [3.63, 3.8) is 0 Å². The normalized spacial score (nSPS) is 24.9. The Labute approximate surface area is 129 Å². The Morgan fingerprint density at radius 3 is 2.68 bits per heavy atom. The number of carbonyl (C=O) groups is 2. The summed E-state index contributed by atoms with van der Waals surface area (Å²) < 4.78 is 10.8. The number of hydrogen-bond donors (Lipinski definition) is 0. The third kappa shape index (κ3) is 2.39. The van der Waals surface area contributed by atoms with Crippen molar-refractivity contribution in [1.82, 2.24) is 15.0 Å². The van der Waals surface area contributed by atoms with Crippen LogP contribution in [0.25, 0.3) is 0 Å². The Hall–Kier alpha value is -1.89. The molecular formula is C15H21N3O4. The number of rotatable bonds is 1. The fourth-order valence-corrected chi connectivity index (χ4v) is 3.28. The summed E-state index contributed by atoms with van der Waals surface area (Å²) in [5, 5.41) is 3.78. The molecule has 2 aliphatic heterocycles. The van der Waals surface area contributed by atoms with Gasteiger partial charge in [-0.1, -0.05) is 5.16 Å². The number of carbonyl (C=O) groups excluding carboxylic acids is 2. The van der Waals surface area contributed by atoms with Crippen LogP contribution in [0.2, 0.25) is 0 Å². The number of nitrogens with zero attached hydrogens (tertiary/aromatic N) is 3. The number of amides is 2. The van der Waals surface area contributed by atoms with Crippen LogP contribution in [0.5, 0.6) is 0 Å². The summed E-state index contributed by atoms with van der Waals surface area (Å²) in [7, 11) is 1.81. The van der Waals surface area contributed by atoms with E-state index in [0.29, 0.717) is 37.4 Å². The van der Waals surface area contributed by atoms with Crippen LogP contribution in [0.4, 0.5) is 0 Å². The van der Waals surface area contributed by atoms with Crippen LogP contribution in [-0.2, 0) is 9.53 Å². The van der Waals surface area contributed by atoms with Crippen molar-refractivity contribution >= 4 is 11.8 Å². The van der Waals surface area contributed by atoms with Gasteiger partial charge in [0, 0.05) is 26.2 Å². The molecule has 0 saturated carbocycles. The van der Waals surface area contributed by atoms with E-state index < -0.39 is 0 Å². The minimum Gasteiger partial charge on any atom is -0.363 e. The second kappa shape index (κ2) is 5.39. The van der Waals surface area contributed by atoms with Gasteiger partial charge in [-0.25, -0.2) is 0 Å². The third-order valence-corrected chi connectivity index (χ3v) is 4.96. The number of likely N-dealkylation sites (N-methyl/N-ethyl adjacent to an activating group) is 1. The van der Waals surface area contributed by atoms with Crippen molar-refractivity contribution in [2.75, 3.05) is 26.7 Å². The summed E-state index contributed by atoms with van der Waals surface area (Å²) in [4.78, 5) is 27.6. The highest BCUT2D eigenvalue weighted by Crippen LogP contribution is 2.35. The summed E-state index contributed by atoms with van der Waals surface area (Å²) >= 11 is 0. The lowest BCUT2D eigenvalue weighted by molar-refractivity contribution is -0.181. The highest BCUT2D eigenvalue weighted by Gasteiger charge is 2.47. The van der Waals surface area contributed by atoms with E-state index in [1.165, 1.54) is 0 Å². The lowest BCUT2D eigenvalue weighted by Crippen LogP contribution is -2.63. The van der Waals surface area contributed by atoms with Crippen LogP contribution in [-0.4, -0.2) is 65.2 Å². The van der Waals surface area contributed by atoms with Crippen molar-refractivity contribution in [2.24, 2.45) is 0 Å². The summed E-state index contributed by atoms with van der Waals surface area (Å²) in [5.74, 6) is 0.524. The molecular weight excluding hydrogens is 286 g/mol. The van der Waals surface area contributed by atoms with E-state index >= 15 is 0 Å². The van der Waals surface area contributed by atoms with E-state index in [1.54, 1.807) is 22.8 Å². The molecule has 2 aliphatic rings. The van der Waals surface area contributed by atoms with Crippen LogP contribution in [0.15, 0.2) is 10.6 Å². The van der Waals surface area contributed by atoms with E-state index in [4.69, 9.17) is 9.26 Å². The predicted molar refractivity (Wildman–Crippen MR) is 77.3 cm³/mol. The largest absolute Gasteiger partial charge is 0.363 e. The molecule has 1 spiro atoms. The Kier molecular flexibility index (Phi) is 3.68. The lowest BCUT2D eigenvalue weighted by Gasteiger charge is -2.50. The van der Waals surface area contributed by atoms with E-state index in [1.807, 2.05) is 14.0 Å². The topological polar surface area (TPSA) is 75.9 Å². The Morgan fingerprint density at radius 1 is 1.41 bits per heavy atom. The van der Waals surface area contributed by atoms with E-state index in [9.17, 15) is 9.59 Å². The van der Waals surface area contributed by atoms with Gasteiger partial charge in [0.15, 0.2) is 5.69 Å². The van der Waals surface area contributed by atoms with Crippen LogP contribution >= 0.6 is 0 Å². The van der Waals surface area contributed by atoms with Gasteiger partial charge in [-0.2, -0.15) is 0 Å². The minimum absolute atomic E-state index is 0.00898. The summed E-state index contributed by atoms with van der Waals surface area (Å²) in [6, 6.07) is 1.67. The van der Waals surface area contributed by atoms with Crippen LogP contribution in [0.3, 0.4) is 0 Å². The first-order valence-corrected chi connectivity index (χ1v) is 7.55. The Morgan fingerprint density at radius 2 is 2.09 bits per heavy atom. The molecule has 1 atom stereocenters. The average molecular weight is 307 g/mol. The molecule has 0 aromatic carbocycles. The van der Waals surface area contributed by atoms with Crippen LogP contribution < -0.4 is 0 Å². The van der Waals surface area contributed by atoms with Gasteiger partial charge in [0.25, 0.3) is 5.91 Å². The van der Waals surface area contributed by atoms with E-state index in [-0.39, 0.29) is 30.1 Å². The number of likely N-dealkylation sites (tertiary alicyclic amines) is 1. The highest BCUT2D eigenvalue weighted by atomic mass is 16.5. The first kappa shape index (κ1) is 15.0. The van der Waals surface area contributed by atoms with Gasteiger partial charge < -0.3 is 19.1 Å². The number of hydrogen-bond acceptors (Lipinski definition) is 5. The molecule has 3 rings (SSSR count). The van der Waals surface area contributed by atoms with Crippen molar-refractivity contribution < 1.29 is 18.8 Å². The molecule has 0 N–H and O–H groups in total. The Balaban J connectivity index is 1.67. The molecule has 0 unspecified atom stereocenters. The molecule has 0 bridgehead atoms. The number of aromatic nitrogens is 1. The molecule has 1 aromatic heterocycles. The molecule has 22 heavy (non-hydrogen) atoms. The zero-order valence-electron chi connectivity index (χ0n) is 13.2. The molecule has 7 heteroatoms. The number of morpholine rings is 1. The zero-order chi connectivity index (χ0) is 15.9. The quantitative estimate of drug-likeness (QED) is 0.768. The summed E-state index contributed by atoms with van der Waals surface area (Å²) in [5.41, 5.74) is -0.00233. The van der Waals surface area contributed by atoms with E-state index in [0.717, 1.165) is 0 Å². The number of piperidine rings is 1. The fourth-order valence-electron chi connectivity index (χ4n) is 3.28. The van der Waals surface area contributed by atoms with Gasteiger partial charge in [-0.05, 0) is 26.7 Å². The first-order chi connectivity index (χ1) is 10.4. The van der Waals surface area contributed by atoms with Crippen molar-refractivity contribution in [3.05, 3.63) is 17.5 Å². The van der Waals surface area contributed by atoms with Gasteiger partial charge in [0.1, 0.15) is 12.4 Å². The second-order valence-electron chi connectivity index (χ2n) is 6.15. The monoisotopic (exact) mass is 307 g/mol.